The Hall–Kier alpha value is -2.02. The fourth-order valence-electron chi connectivity index (χ4n) is 2.73. The summed E-state index contributed by atoms with van der Waals surface area (Å²) < 4.78 is 0. The lowest BCUT2D eigenvalue weighted by molar-refractivity contribution is 1.13. The Morgan fingerprint density at radius 3 is 2.42 bits per heavy atom. The first-order valence-corrected chi connectivity index (χ1v) is 6.61. The summed E-state index contributed by atoms with van der Waals surface area (Å²) in [5, 5.41) is 2.55. The fourth-order valence-corrected chi connectivity index (χ4v) is 2.73. The molecule has 0 unspecified atom stereocenters. The molecular formula is C18H18N. The zero-order valence-electron chi connectivity index (χ0n) is 11.9. The maximum absolute atomic E-state index is 3.58. The Bertz CT molecular complexity index is 763. The summed E-state index contributed by atoms with van der Waals surface area (Å²) in [5.41, 5.74) is 6.41. The van der Waals surface area contributed by atoms with Crippen molar-refractivity contribution in [1.29, 1.82) is 0 Å². The average Bonchev–Trinajstić information content (AvgIpc) is 2.76. The molecule has 19 heavy (non-hydrogen) atoms. The van der Waals surface area contributed by atoms with Crippen LogP contribution in [0, 0.1) is 0 Å². The van der Waals surface area contributed by atoms with E-state index in [1.165, 1.54) is 38.4 Å². The van der Waals surface area contributed by atoms with Gasteiger partial charge in [0, 0.05) is 30.6 Å². The van der Waals surface area contributed by atoms with Crippen LogP contribution in [0.4, 0.5) is 5.69 Å². The topological polar surface area (TPSA) is 3.24 Å². The number of fused-ring (bicyclic) bond motifs is 3. The third kappa shape index (κ3) is 1.77. The van der Waals surface area contributed by atoms with E-state index in [9.17, 15) is 0 Å². The fraction of sp³-hybridized carbons (Fsp3) is 0.222. The number of rotatable bonds is 1. The van der Waals surface area contributed by atoms with Gasteiger partial charge in [0.15, 0.2) is 0 Å². The zero-order chi connectivity index (χ0) is 13.6. The van der Waals surface area contributed by atoms with Crippen molar-refractivity contribution >= 4 is 17.3 Å². The predicted octanol–water partition coefficient (Wildman–Crippen LogP) is 2.63. The molecule has 2 aromatic rings. The summed E-state index contributed by atoms with van der Waals surface area (Å²) in [6, 6.07) is 12.9. The Morgan fingerprint density at radius 1 is 1.00 bits per heavy atom. The first kappa shape index (κ1) is 12.0. The van der Waals surface area contributed by atoms with E-state index < -0.39 is 0 Å². The third-order valence-electron chi connectivity index (χ3n) is 3.66. The molecule has 2 aromatic carbocycles. The van der Waals surface area contributed by atoms with E-state index in [2.05, 4.69) is 75.3 Å². The number of hydrogen-bond donors (Lipinski definition) is 0. The van der Waals surface area contributed by atoms with Crippen LogP contribution in [0.25, 0.3) is 22.8 Å². The molecule has 1 heteroatoms. The molecule has 1 nitrogen and oxygen atoms in total. The van der Waals surface area contributed by atoms with Gasteiger partial charge in [-0.25, -0.2) is 0 Å². The number of benzene rings is 2. The van der Waals surface area contributed by atoms with Gasteiger partial charge in [0.25, 0.3) is 0 Å². The second-order valence-electron chi connectivity index (χ2n) is 5.45. The minimum atomic E-state index is 1.20. The van der Waals surface area contributed by atoms with Crippen molar-refractivity contribution in [1.82, 2.24) is 0 Å². The molecule has 0 amide bonds. The summed E-state index contributed by atoms with van der Waals surface area (Å²) >= 11 is 0. The van der Waals surface area contributed by atoms with Gasteiger partial charge in [0.2, 0.25) is 0 Å². The molecule has 0 atom stereocenters. The Kier molecular flexibility index (Phi) is 2.70. The summed E-state index contributed by atoms with van der Waals surface area (Å²) in [6.07, 6.45) is 3.58. The van der Waals surface area contributed by atoms with Crippen LogP contribution in [-0.2, 0) is 0 Å². The van der Waals surface area contributed by atoms with Gasteiger partial charge in [-0.2, -0.15) is 0 Å². The quantitative estimate of drug-likeness (QED) is 0.640. The summed E-state index contributed by atoms with van der Waals surface area (Å²) in [7, 11) is 4.19. The second kappa shape index (κ2) is 4.27. The highest BCUT2D eigenvalue weighted by atomic mass is 15.1. The molecule has 95 valence electrons. The van der Waals surface area contributed by atoms with Gasteiger partial charge < -0.3 is 4.90 Å². The van der Waals surface area contributed by atoms with E-state index in [0.717, 1.165) is 0 Å². The molecule has 1 aliphatic rings. The van der Waals surface area contributed by atoms with E-state index >= 15 is 0 Å². The van der Waals surface area contributed by atoms with Crippen LogP contribution in [-0.4, -0.2) is 14.1 Å². The lowest BCUT2D eigenvalue weighted by Gasteiger charge is -2.17. The molecule has 3 rings (SSSR count). The maximum Gasteiger partial charge on any atom is 0.0447 e. The van der Waals surface area contributed by atoms with Gasteiger partial charge in [0.1, 0.15) is 0 Å². The Labute approximate surface area is 114 Å². The molecule has 0 heterocycles. The first-order valence-electron chi connectivity index (χ1n) is 6.61. The molecule has 0 aliphatic heterocycles. The minimum absolute atomic E-state index is 1.20. The molecule has 0 saturated carbocycles. The van der Waals surface area contributed by atoms with Crippen molar-refractivity contribution in [2.75, 3.05) is 19.0 Å². The van der Waals surface area contributed by atoms with Crippen molar-refractivity contribution in [2.24, 2.45) is 0 Å². The summed E-state index contributed by atoms with van der Waals surface area (Å²) in [5.74, 6) is 0. The highest BCUT2D eigenvalue weighted by Crippen LogP contribution is 2.32. The lowest BCUT2D eigenvalue weighted by Crippen LogP contribution is -2.28. The molecule has 0 spiro atoms. The number of anilines is 1. The molecular weight excluding hydrogens is 230 g/mol. The molecule has 1 aliphatic carbocycles. The van der Waals surface area contributed by atoms with Crippen LogP contribution < -0.4 is 15.3 Å². The highest BCUT2D eigenvalue weighted by molar-refractivity contribution is 5.90. The van der Waals surface area contributed by atoms with Gasteiger partial charge in [-0.1, -0.05) is 35.9 Å². The first-order chi connectivity index (χ1) is 9.09. The number of nitrogens with zero attached hydrogens (tertiary/aromatic N) is 1. The van der Waals surface area contributed by atoms with Gasteiger partial charge in [-0.05, 0) is 42.3 Å². The van der Waals surface area contributed by atoms with Crippen LogP contribution in [0.5, 0.6) is 0 Å². The van der Waals surface area contributed by atoms with Crippen molar-refractivity contribution in [2.45, 2.75) is 13.8 Å². The maximum atomic E-state index is 3.58. The Balaban J connectivity index is 2.49. The average molecular weight is 248 g/mol. The molecule has 0 aromatic heterocycles. The highest BCUT2D eigenvalue weighted by Gasteiger charge is 2.17. The van der Waals surface area contributed by atoms with Gasteiger partial charge >= 0.3 is 0 Å². The molecule has 0 saturated heterocycles. The van der Waals surface area contributed by atoms with Gasteiger partial charge in [-0.3, -0.25) is 0 Å². The summed E-state index contributed by atoms with van der Waals surface area (Å²) in [4.78, 5) is 2.18. The van der Waals surface area contributed by atoms with Crippen LogP contribution in [0.2, 0.25) is 0 Å². The van der Waals surface area contributed by atoms with Crippen LogP contribution in [0.1, 0.15) is 19.4 Å². The van der Waals surface area contributed by atoms with Crippen molar-refractivity contribution < 1.29 is 0 Å². The normalized spacial score (nSPS) is 11.6. The predicted molar refractivity (Wildman–Crippen MR) is 82.7 cm³/mol. The largest absolute Gasteiger partial charge is 0.377 e. The van der Waals surface area contributed by atoms with Gasteiger partial charge in [-0.15, -0.1) is 0 Å². The van der Waals surface area contributed by atoms with Crippen molar-refractivity contribution in [3.05, 3.63) is 52.4 Å². The standard InChI is InChI=1S/C18H18N/c1-12(2)14-9-10-17(19(3)4)18-15-8-6-5-7-13(15)11-16(14)18/h5-10H,1-4H3. The molecule has 1 radical (unpaired) electrons. The third-order valence-corrected chi connectivity index (χ3v) is 3.66. The van der Waals surface area contributed by atoms with Crippen LogP contribution in [0.3, 0.4) is 0 Å². The van der Waals surface area contributed by atoms with Gasteiger partial charge in [0.05, 0.1) is 0 Å². The van der Waals surface area contributed by atoms with Crippen LogP contribution in [0.15, 0.2) is 36.4 Å². The minimum Gasteiger partial charge on any atom is -0.377 e. The van der Waals surface area contributed by atoms with E-state index in [1.807, 2.05) is 0 Å². The molecule has 0 N–H and O–H groups in total. The van der Waals surface area contributed by atoms with Crippen molar-refractivity contribution in [3.8, 4) is 11.1 Å². The SMILES string of the molecule is CC(C)=c1ccc(N(C)C)c2c1=[C]c1ccccc1-2. The second-order valence-corrected chi connectivity index (χ2v) is 5.45. The monoisotopic (exact) mass is 248 g/mol. The van der Waals surface area contributed by atoms with E-state index in [0.29, 0.717) is 0 Å². The van der Waals surface area contributed by atoms with E-state index in [1.54, 1.807) is 0 Å². The Morgan fingerprint density at radius 2 is 1.74 bits per heavy atom. The van der Waals surface area contributed by atoms with Crippen LogP contribution >= 0.6 is 0 Å². The zero-order valence-corrected chi connectivity index (χ0v) is 11.9. The number of hydrogen-bond acceptors (Lipinski definition) is 1. The lowest BCUT2D eigenvalue weighted by atomic mass is 10.0. The van der Waals surface area contributed by atoms with E-state index in [-0.39, 0.29) is 0 Å². The summed E-state index contributed by atoms with van der Waals surface area (Å²) in [6.45, 7) is 4.32. The van der Waals surface area contributed by atoms with Crippen molar-refractivity contribution in [3.63, 3.8) is 0 Å². The smallest absolute Gasteiger partial charge is 0.0447 e. The molecule has 0 bridgehead atoms. The van der Waals surface area contributed by atoms with E-state index in [4.69, 9.17) is 0 Å². The molecule has 0 fully saturated rings.